The van der Waals surface area contributed by atoms with Gasteiger partial charge in [0.05, 0.1) is 4.46 Å². The summed E-state index contributed by atoms with van der Waals surface area (Å²) in [5.41, 5.74) is 0. The molecule has 7 heteroatoms. The van der Waals surface area contributed by atoms with Gasteiger partial charge in [-0.2, -0.15) is 0 Å². The van der Waals surface area contributed by atoms with Crippen molar-refractivity contribution in [2.75, 3.05) is 0 Å². The van der Waals surface area contributed by atoms with Crippen LogP contribution in [0.5, 0.6) is 5.75 Å². The Hall–Kier alpha value is -0.393. The third-order valence-electron chi connectivity index (χ3n) is 1.34. The molecule has 0 heterocycles. The largest absolute Gasteiger partial charge is 0.573 e. The molecule has 0 aliphatic rings. The summed E-state index contributed by atoms with van der Waals surface area (Å²) in [6, 6.07) is 5.58. The Morgan fingerprint density at radius 2 is 1.93 bits per heavy atom. The maximum absolute atomic E-state index is 11.9. The van der Waals surface area contributed by atoms with Crippen molar-refractivity contribution in [1.29, 1.82) is 0 Å². The van der Waals surface area contributed by atoms with Crippen molar-refractivity contribution in [3.8, 4) is 5.75 Å². The molecule has 15 heavy (non-hydrogen) atoms. The standard InChI is InChI=1S/C8H5Cl2F3OSi/c9-7(10)15-6-3-1-2-5(4-6)14-8(11,12)13/h1-4,7H. The summed E-state index contributed by atoms with van der Waals surface area (Å²) >= 11 is 11.0. The lowest BCUT2D eigenvalue weighted by atomic mass is 10.3. The van der Waals surface area contributed by atoms with Gasteiger partial charge in [0.1, 0.15) is 15.3 Å². The number of hydrogen-bond acceptors (Lipinski definition) is 1. The van der Waals surface area contributed by atoms with E-state index in [4.69, 9.17) is 23.2 Å². The van der Waals surface area contributed by atoms with Crippen LogP contribution in [0.3, 0.4) is 0 Å². The SMILES string of the molecule is FC(F)(F)Oc1cccc([Si]C(Cl)Cl)c1. The lowest BCUT2D eigenvalue weighted by Crippen LogP contribution is -2.22. The van der Waals surface area contributed by atoms with Gasteiger partial charge in [-0.3, -0.25) is 0 Å². The predicted octanol–water partition coefficient (Wildman–Crippen LogP) is 2.68. The Kier molecular flexibility index (Phi) is 4.30. The van der Waals surface area contributed by atoms with E-state index in [1.54, 1.807) is 6.07 Å². The van der Waals surface area contributed by atoms with E-state index in [0.29, 0.717) is 5.19 Å². The summed E-state index contributed by atoms with van der Waals surface area (Å²) in [5.74, 6) is -0.263. The van der Waals surface area contributed by atoms with E-state index in [9.17, 15) is 13.2 Å². The zero-order chi connectivity index (χ0) is 11.5. The van der Waals surface area contributed by atoms with E-state index < -0.39 is 10.8 Å². The average Bonchev–Trinajstić information content (AvgIpc) is 1.99. The van der Waals surface area contributed by atoms with Crippen molar-refractivity contribution in [2.24, 2.45) is 0 Å². The van der Waals surface area contributed by atoms with E-state index in [1.807, 2.05) is 0 Å². The molecule has 0 amide bonds. The maximum Gasteiger partial charge on any atom is 0.573 e. The summed E-state index contributed by atoms with van der Waals surface area (Å²) in [4.78, 5) is 0. The highest BCUT2D eigenvalue weighted by atomic mass is 35.5. The van der Waals surface area contributed by atoms with Gasteiger partial charge in [-0.15, -0.1) is 36.4 Å². The van der Waals surface area contributed by atoms with Crippen molar-refractivity contribution in [3.63, 3.8) is 0 Å². The molecule has 0 N–H and O–H groups in total. The molecule has 0 fully saturated rings. The number of ether oxygens (including phenoxy) is 1. The minimum Gasteiger partial charge on any atom is -0.406 e. The predicted molar refractivity (Wildman–Crippen MR) is 54.0 cm³/mol. The highest BCUT2D eigenvalue weighted by Gasteiger charge is 2.31. The Balaban J connectivity index is 2.74. The summed E-state index contributed by atoms with van der Waals surface area (Å²) < 4.78 is 38.7. The maximum atomic E-state index is 11.9. The Labute approximate surface area is 97.0 Å². The van der Waals surface area contributed by atoms with Crippen molar-refractivity contribution in [3.05, 3.63) is 24.3 Å². The zero-order valence-electron chi connectivity index (χ0n) is 7.18. The van der Waals surface area contributed by atoms with Gasteiger partial charge >= 0.3 is 6.36 Å². The molecule has 82 valence electrons. The van der Waals surface area contributed by atoms with Crippen LogP contribution in [0.2, 0.25) is 0 Å². The number of halogens is 5. The summed E-state index contributed by atoms with van der Waals surface area (Å²) in [6.07, 6.45) is -4.68. The van der Waals surface area contributed by atoms with Crippen molar-refractivity contribution < 1.29 is 17.9 Å². The number of hydrogen-bond donors (Lipinski definition) is 0. The first-order valence-corrected chi connectivity index (χ1v) is 5.72. The fourth-order valence-corrected chi connectivity index (χ4v) is 2.33. The molecule has 0 spiro atoms. The third kappa shape index (κ3) is 5.29. The molecule has 0 saturated heterocycles. The number of alkyl halides is 5. The topological polar surface area (TPSA) is 9.23 Å². The first-order valence-electron chi connectivity index (χ1n) is 3.77. The van der Waals surface area contributed by atoms with Crippen molar-refractivity contribution >= 4 is 37.9 Å². The lowest BCUT2D eigenvalue weighted by Gasteiger charge is -2.09. The molecular formula is C8H5Cl2F3OSi. The molecule has 0 atom stereocenters. The van der Waals surface area contributed by atoms with E-state index in [-0.39, 0.29) is 15.3 Å². The molecule has 0 aliphatic heterocycles. The van der Waals surface area contributed by atoms with Crippen LogP contribution in [0.15, 0.2) is 24.3 Å². The van der Waals surface area contributed by atoms with Gasteiger partial charge in [0.2, 0.25) is 0 Å². The molecule has 1 nitrogen and oxygen atoms in total. The minimum absolute atomic E-state index is 0.0272. The van der Waals surface area contributed by atoms with Crippen LogP contribution < -0.4 is 9.92 Å². The Bertz CT molecular complexity index is 330. The molecule has 0 bridgehead atoms. The van der Waals surface area contributed by atoms with Gasteiger partial charge in [-0.25, -0.2) is 0 Å². The molecule has 0 unspecified atom stereocenters. The van der Waals surface area contributed by atoms with E-state index in [2.05, 4.69) is 4.74 Å². The van der Waals surface area contributed by atoms with Gasteiger partial charge in [0, 0.05) is 0 Å². The smallest absolute Gasteiger partial charge is 0.406 e. The fraction of sp³-hybridized carbons (Fsp3) is 0.250. The first-order chi connectivity index (χ1) is 6.87. The quantitative estimate of drug-likeness (QED) is 0.607. The molecule has 0 aromatic heterocycles. The summed E-state index contributed by atoms with van der Waals surface area (Å²) in [7, 11) is 0.0272. The van der Waals surface area contributed by atoms with Gasteiger partial charge < -0.3 is 4.74 Å². The fourth-order valence-electron chi connectivity index (χ4n) is 0.909. The van der Waals surface area contributed by atoms with Gasteiger partial charge in [0.25, 0.3) is 0 Å². The molecular weight excluding hydrogens is 268 g/mol. The van der Waals surface area contributed by atoms with Crippen LogP contribution in [0.1, 0.15) is 0 Å². The van der Waals surface area contributed by atoms with Gasteiger partial charge in [-0.1, -0.05) is 17.3 Å². The van der Waals surface area contributed by atoms with E-state index >= 15 is 0 Å². The van der Waals surface area contributed by atoms with Crippen LogP contribution in [-0.2, 0) is 0 Å². The summed E-state index contributed by atoms with van der Waals surface area (Å²) in [6.45, 7) is 0. The van der Waals surface area contributed by atoms with Gasteiger partial charge in [0.15, 0.2) is 0 Å². The molecule has 0 saturated carbocycles. The normalized spacial score (nSPS) is 11.9. The Morgan fingerprint density at radius 3 is 2.47 bits per heavy atom. The van der Waals surface area contributed by atoms with E-state index in [0.717, 1.165) is 0 Å². The molecule has 2 radical (unpaired) electrons. The summed E-state index contributed by atoms with van der Waals surface area (Å²) in [5, 5.41) is 0.617. The second kappa shape index (κ2) is 5.09. The van der Waals surface area contributed by atoms with Crippen LogP contribution in [0.4, 0.5) is 13.2 Å². The molecule has 0 aliphatic carbocycles. The second-order valence-electron chi connectivity index (χ2n) is 2.52. The van der Waals surface area contributed by atoms with Crippen molar-refractivity contribution in [1.82, 2.24) is 0 Å². The lowest BCUT2D eigenvalue weighted by molar-refractivity contribution is -0.274. The number of rotatable bonds is 3. The minimum atomic E-state index is -4.68. The first kappa shape index (κ1) is 12.7. The van der Waals surface area contributed by atoms with Crippen molar-refractivity contribution in [2.45, 2.75) is 10.8 Å². The van der Waals surface area contributed by atoms with Crippen LogP contribution in [0.25, 0.3) is 0 Å². The second-order valence-corrected chi connectivity index (χ2v) is 5.79. The zero-order valence-corrected chi connectivity index (χ0v) is 9.70. The molecule has 1 rings (SSSR count). The van der Waals surface area contributed by atoms with Gasteiger partial charge in [-0.05, 0) is 12.1 Å². The van der Waals surface area contributed by atoms with Crippen LogP contribution in [0, 0.1) is 0 Å². The molecule has 1 aromatic carbocycles. The highest BCUT2D eigenvalue weighted by molar-refractivity contribution is 6.75. The van der Waals surface area contributed by atoms with Crippen LogP contribution >= 0.6 is 23.2 Å². The van der Waals surface area contributed by atoms with Crippen LogP contribution in [-0.4, -0.2) is 20.3 Å². The molecule has 1 aromatic rings. The third-order valence-corrected chi connectivity index (χ3v) is 2.86. The monoisotopic (exact) mass is 272 g/mol. The highest BCUT2D eigenvalue weighted by Crippen LogP contribution is 2.21. The Morgan fingerprint density at radius 1 is 1.27 bits per heavy atom. The number of benzene rings is 1. The van der Waals surface area contributed by atoms with E-state index in [1.165, 1.54) is 18.2 Å². The average molecular weight is 273 g/mol.